The average molecular weight is 638 g/mol. The van der Waals surface area contributed by atoms with E-state index in [-0.39, 0.29) is 23.8 Å². The number of aryl methyl sites for hydroxylation is 1. The Morgan fingerprint density at radius 2 is 2.14 bits per heavy atom. The summed E-state index contributed by atoms with van der Waals surface area (Å²) < 4.78 is 8.04. The van der Waals surface area contributed by atoms with Crippen molar-refractivity contribution in [3.8, 4) is 5.75 Å². The van der Waals surface area contributed by atoms with Crippen molar-refractivity contribution in [2.45, 2.75) is 24.9 Å². The van der Waals surface area contributed by atoms with Crippen molar-refractivity contribution in [1.29, 1.82) is 0 Å². The topological polar surface area (TPSA) is 105 Å². The zero-order valence-electron chi connectivity index (χ0n) is 20.7. The lowest BCUT2D eigenvalue weighted by molar-refractivity contribution is -0.122. The first-order chi connectivity index (χ1) is 17.9. The number of ether oxygens (including phenoxy) is 1. The molecule has 10 nitrogen and oxygen atoms in total. The molecule has 2 fully saturated rings. The molecule has 5 rings (SSSR count). The average Bonchev–Trinajstić information content (AvgIpc) is 3.39. The van der Waals surface area contributed by atoms with Crippen LogP contribution in [0.3, 0.4) is 0 Å². The summed E-state index contributed by atoms with van der Waals surface area (Å²) in [4.78, 5) is 38.5. The van der Waals surface area contributed by atoms with Gasteiger partial charge in [-0.05, 0) is 43.7 Å². The van der Waals surface area contributed by atoms with Crippen LogP contribution in [0.15, 0.2) is 35.3 Å². The SMILES string of the molecule is CNC(=O)COc1cc2cc(Nc3nc(N4CC(CI)N5CCCC5C4)ncc3Cl)ccc2n(C)c1=O. The van der Waals surface area contributed by atoms with Crippen molar-refractivity contribution in [3.63, 3.8) is 0 Å². The third-order valence-electron chi connectivity index (χ3n) is 7.04. The number of aromatic nitrogens is 3. The Kier molecular flexibility index (Phi) is 7.72. The molecule has 3 aromatic rings. The van der Waals surface area contributed by atoms with Gasteiger partial charge in [0.15, 0.2) is 18.2 Å². The second-order valence-corrected chi connectivity index (χ2v) is 10.6. The highest BCUT2D eigenvalue weighted by Gasteiger charge is 2.37. The molecular weight excluding hydrogens is 609 g/mol. The van der Waals surface area contributed by atoms with Crippen molar-refractivity contribution in [3.05, 3.63) is 45.8 Å². The number of alkyl halides is 1. The van der Waals surface area contributed by atoms with Gasteiger partial charge >= 0.3 is 0 Å². The van der Waals surface area contributed by atoms with Crippen molar-refractivity contribution < 1.29 is 9.53 Å². The van der Waals surface area contributed by atoms with Crippen molar-refractivity contribution in [2.75, 3.05) is 47.9 Å². The van der Waals surface area contributed by atoms with Crippen molar-refractivity contribution in [1.82, 2.24) is 24.8 Å². The number of benzene rings is 1. The van der Waals surface area contributed by atoms with Crippen LogP contribution in [-0.2, 0) is 11.8 Å². The lowest BCUT2D eigenvalue weighted by atomic mass is 10.1. The van der Waals surface area contributed by atoms with Crippen molar-refractivity contribution >= 4 is 68.5 Å². The lowest BCUT2D eigenvalue weighted by Crippen LogP contribution is -2.57. The van der Waals surface area contributed by atoms with Gasteiger partial charge in [-0.1, -0.05) is 34.2 Å². The van der Waals surface area contributed by atoms with Gasteiger partial charge in [-0.2, -0.15) is 4.98 Å². The Bertz CT molecular complexity index is 1380. The molecule has 2 unspecified atom stereocenters. The molecule has 2 aliphatic rings. The first kappa shape index (κ1) is 26.0. The number of anilines is 3. The molecule has 196 valence electrons. The van der Waals surface area contributed by atoms with Crippen LogP contribution in [0.1, 0.15) is 12.8 Å². The first-order valence-electron chi connectivity index (χ1n) is 12.2. The molecule has 1 amide bonds. The number of piperazine rings is 1. The second kappa shape index (κ2) is 11.0. The maximum absolute atomic E-state index is 12.7. The van der Waals surface area contributed by atoms with E-state index in [1.165, 1.54) is 31.0 Å². The van der Waals surface area contributed by atoms with Gasteiger partial charge in [0.25, 0.3) is 11.5 Å². The number of fused-ring (bicyclic) bond motifs is 2. The van der Waals surface area contributed by atoms with E-state index in [4.69, 9.17) is 21.3 Å². The Morgan fingerprint density at radius 3 is 2.92 bits per heavy atom. The quantitative estimate of drug-likeness (QED) is 0.301. The minimum Gasteiger partial charge on any atom is -0.478 e. The number of carbonyl (C=O) groups excluding carboxylic acids is 1. The molecule has 1 aromatic carbocycles. The number of pyridine rings is 1. The minimum absolute atomic E-state index is 0.106. The van der Waals surface area contributed by atoms with E-state index in [9.17, 15) is 9.59 Å². The van der Waals surface area contributed by atoms with Gasteiger partial charge in [-0.25, -0.2) is 4.98 Å². The van der Waals surface area contributed by atoms with E-state index in [1.54, 1.807) is 19.3 Å². The highest BCUT2D eigenvalue weighted by Crippen LogP contribution is 2.31. The number of hydrogen-bond acceptors (Lipinski definition) is 8. The van der Waals surface area contributed by atoms with Gasteiger partial charge in [0.05, 0.1) is 11.7 Å². The standard InChI is InChI=1S/C25H29ClIN7O3/c1-28-22(35)14-37-21-9-15-8-16(5-6-20(15)32(2)24(21)36)30-23-19(26)11-29-25(31-23)33-12-17-4-3-7-34(17)18(10-27)13-33/h5-6,8-9,11,17-18H,3-4,7,10,12-14H2,1-2H3,(H,28,35)(H,29,30,31). The summed E-state index contributed by atoms with van der Waals surface area (Å²) in [6, 6.07) is 8.28. The van der Waals surface area contributed by atoms with E-state index < -0.39 is 0 Å². The van der Waals surface area contributed by atoms with Gasteiger partial charge in [-0.15, -0.1) is 0 Å². The monoisotopic (exact) mass is 637 g/mol. The second-order valence-electron chi connectivity index (χ2n) is 9.35. The molecule has 0 saturated carbocycles. The molecule has 2 saturated heterocycles. The smallest absolute Gasteiger partial charge is 0.293 e. The normalized spacial score (nSPS) is 19.6. The third-order valence-corrected chi connectivity index (χ3v) is 8.33. The van der Waals surface area contributed by atoms with Crippen LogP contribution in [0.2, 0.25) is 5.02 Å². The highest BCUT2D eigenvalue weighted by molar-refractivity contribution is 14.1. The summed E-state index contributed by atoms with van der Waals surface area (Å²) in [6.07, 6.45) is 4.09. The molecule has 0 bridgehead atoms. The van der Waals surface area contributed by atoms with Crippen LogP contribution in [0.4, 0.5) is 17.5 Å². The first-order valence-corrected chi connectivity index (χ1v) is 14.1. The molecule has 4 heterocycles. The Balaban J connectivity index is 1.40. The fourth-order valence-corrected chi connectivity index (χ4v) is 6.03. The van der Waals surface area contributed by atoms with E-state index >= 15 is 0 Å². The van der Waals surface area contributed by atoms with Crippen LogP contribution in [0, 0.1) is 0 Å². The van der Waals surface area contributed by atoms with Crippen LogP contribution >= 0.6 is 34.2 Å². The summed E-state index contributed by atoms with van der Waals surface area (Å²) in [7, 11) is 3.19. The fraction of sp³-hybridized carbons (Fsp3) is 0.440. The summed E-state index contributed by atoms with van der Waals surface area (Å²) in [5.74, 6) is 0.980. The molecule has 2 atom stereocenters. The molecule has 0 aliphatic carbocycles. The molecule has 2 N–H and O–H groups in total. The lowest BCUT2D eigenvalue weighted by Gasteiger charge is -2.43. The molecule has 12 heteroatoms. The number of nitrogens with zero attached hydrogens (tertiary/aromatic N) is 5. The molecule has 2 aliphatic heterocycles. The number of carbonyl (C=O) groups is 1. The van der Waals surface area contributed by atoms with Crippen molar-refractivity contribution in [2.24, 2.45) is 7.05 Å². The maximum atomic E-state index is 12.7. The molecule has 37 heavy (non-hydrogen) atoms. The summed E-state index contributed by atoms with van der Waals surface area (Å²) in [5.41, 5.74) is 1.17. The fourth-order valence-electron chi connectivity index (χ4n) is 5.11. The third kappa shape index (κ3) is 5.34. The maximum Gasteiger partial charge on any atom is 0.293 e. The van der Waals surface area contributed by atoms with E-state index in [0.29, 0.717) is 28.9 Å². The molecule has 0 radical (unpaired) electrons. The Morgan fingerprint density at radius 1 is 1.30 bits per heavy atom. The summed E-state index contributed by atoms with van der Waals surface area (Å²) >= 11 is 8.96. The number of hydrogen-bond donors (Lipinski definition) is 2. The van der Waals surface area contributed by atoms with Gasteiger partial charge < -0.3 is 24.8 Å². The van der Waals surface area contributed by atoms with Crippen LogP contribution in [0.5, 0.6) is 5.75 Å². The van der Waals surface area contributed by atoms with E-state index in [0.717, 1.165) is 34.1 Å². The van der Waals surface area contributed by atoms with Crippen LogP contribution in [0.25, 0.3) is 10.9 Å². The van der Waals surface area contributed by atoms with Gasteiger partial charge in [-0.3, -0.25) is 14.5 Å². The number of rotatable bonds is 7. The van der Waals surface area contributed by atoms with E-state index in [1.807, 2.05) is 18.2 Å². The van der Waals surface area contributed by atoms with Crippen LogP contribution in [-0.4, -0.2) is 75.1 Å². The number of likely N-dealkylation sites (N-methyl/N-ethyl adjacent to an activating group) is 1. The Labute approximate surface area is 233 Å². The molecule has 0 spiro atoms. The molecule has 2 aromatic heterocycles. The van der Waals surface area contributed by atoms with Gasteiger partial charge in [0.1, 0.15) is 5.02 Å². The zero-order chi connectivity index (χ0) is 26.1. The number of amides is 1. The highest BCUT2D eigenvalue weighted by atomic mass is 127. The van der Waals surface area contributed by atoms with Gasteiger partial charge in [0.2, 0.25) is 5.95 Å². The number of nitrogens with one attached hydrogen (secondary N) is 2. The predicted molar refractivity (Wildman–Crippen MR) is 154 cm³/mol. The summed E-state index contributed by atoms with van der Waals surface area (Å²) in [5, 5.41) is 6.98. The zero-order valence-corrected chi connectivity index (χ0v) is 23.6. The minimum atomic E-state index is -0.314. The molecular formula is C25H29ClIN7O3. The Hall–Kier alpha value is -2.64. The largest absolute Gasteiger partial charge is 0.478 e. The van der Waals surface area contributed by atoms with E-state index in [2.05, 4.69) is 48.0 Å². The van der Waals surface area contributed by atoms with Crippen LogP contribution < -0.4 is 25.8 Å². The van der Waals surface area contributed by atoms with Gasteiger partial charge in [0, 0.05) is 54.8 Å². The number of halogens is 2. The summed E-state index contributed by atoms with van der Waals surface area (Å²) in [6.45, 7) is 2.75. The predicted octanol–water partition coefficient (Wildman–Crippen LogP) is 2.94.